The lowest BCUT2D eigenvalue weighted by atomic mass is 9.93. The van der Waals surface area contributed by atoms with Crippen molar-refractivity contribution in [2.45, 2.75) is 52.1 Å². The van der Waals surface area contributed by atoms with Crippen molar-refractivity contribution in [2.24, 2.45) is 5.41 Å². The van der Waals surface area contributed by atoms with E-state index in [1.54, 1.807) is 0 Å². The number of benzene rings is 1. The van der Waals surface area contributed by atoms with Gasteiger partial charge in [-0.15, -0.1) is 0 Å². The monoisotopic (exact) mass is 268 g/mol. The highest BCUT2D eigenvalue weighted by Crippen LogP contribution is 2.42. The van der Waals surface area contributed by atoms with Crippen molar-refractivity contribution in [1.82, 2.24) is 0 Å². The first-order chi connectivity index (χ1) is 7.67. The third-order valence-corrected chi connectivity index (χ3v) is 10.4. The summed E-state index contributed by atoms with van der Waals surface area (Å²) in [5, 5.41) is 0.134. The molecule has 2 atom stereocenters. The molecule has 1 aromatic rings. The van der Waals surface area contributed by atoms with Crippen LogP contribution in [0.15, 0.2) is 30.3 Å². The van der Waals surface area contributed by atoms with Crippen LogP contribution in [0.3, 0.4) is 0 Å². The predicted octanol–water partition coefficient (Wildman–Crippen LogP) is 4.90. The quantitative estimate of drug-likeness (QED) is 0.540. The normalized spacial score (nSPS) is 16.6. The third-order valence-electron chi connectivity index (χ3n) is 4.01. The predicted molar refractivity (Wildman–Crippen MR) is 81.3 cm³/mol. The number of rotatable bonds is 3. The minimum atomic E-state index is -1.38. The smallest absolute Gasteiger partial charge is 0.154 e. The van der Waals surface area contributed by atoms with Crippen LogP contribution in [0, 0.1) is 5.41 Å². The van der Waals surface area contributed by atoms with Crippen molar-refractivity contribution in [1.29, 1.82) is 0 Å². The molecule has 0 aliphatic carbocycles. The van der Waals surface area contributed by atoms with Gasteiger partial charge in [-0.1, -0.05) is 71.9 Å². The Bertz CT molecular complexity index is 351. The van der Waals surface area contributed by atoms with Crippen LogP contribution in [-0.2, 0) is 5.04 Å². The first-order valence-corrected chi connectivity index (χ1v) is 9.36. The van der Waals surface area contributed by atoms with E-state index in [0.29, 0.717) is 11.0 Å². The largest absolute Gasteiger partial charge is 0.170 e. The second kappa shape index (κ2) is 5.15. The van der Waals surface area contributed by atoms with Crippen molar-refractivity contribution >= 4 is 19.2 Å². The molecular formula is C15H25ClSi. The molecule has 0 aliphatic rings. The van der Waals surface area contributed by atoms with Crippen LogP contribution in [0.2, 0.25) is 5.54 Å². The maximum absolute atomic E-state index is 6.88. The van der Waals surface area contributed by atoms with Gasteiger partial charge >= 0.3 is 0 Å². The molecule has 2 heteroatoms. The van der Waals surface area contributed by atoms with E-state index in [1.807, 2.05) is 0 Å². The summed E-state index contributed by atoms with van der Waals surface area (Å²) >= 11 is 6.88. The van der Waals surface area contributed by atoms with E-state index >= 15 is 0 Å². The molecule has 0 nitrogen and oxygen atoms in total. The van der Waals surface area contributed by atoms with E-state index in [0.717, 1.165) is 0 Å². The number of hydrogen-bond donors (Lipinski definition) is 0. The Labute approximate surface area is 113 Å². The van der Waals surface area contributed by atoms with E-state index < -0.39 is 8.11 Å². The second-order valence-corrected chi connectivity index (χ2v) is 11.3. The van der Waals surface area contributed by atoms with Crippen LogP contribution >= 0.6 is 11.1 Å². The van der Waals surface area contributed by atoms with E-state index in [1.165, 1.54) is 5.56 Å². The van der Waals surface area contributed by atoms with Crippen molar-refractivity contribution < 1.29 is 0 Å². The Balaban J connectivity index is 2.99. The summed E-state index contributed by atoms with van der Waals surface area (Å²) in [5.41, 5.74) is 2.27. The molecule has 0 aliphatic heterocycles. The van der Waals surface area contributed by atoms with Crippen molar-refractivity contribution in [2.75, 3.05) is 0 Å². The highest BCUT2D eigenvalue weighted by atomic mass is 35.6. The Morgan fingerprint density at radius 3 is 1.88 bits per heavy atom. The van der Waals surface area contributed by atoms with Crippen molar-refractivity contribution in [3.8, 4) is 0 Å². The zero-order valence-electron chi connectivity index (χ0n) is 11.9. The Kier molecular flexibility index (Phi) is 4.48. The van der Waals surface area contributed by atoms with Gasteiger partial charge in [0.15, 0.2) is 8.11 Å². The minimum absolute atomic E-state index is 0.134. The molecule has 96 valence electrons. The summed E-state index contributed by atoms with van der Waals surface area (Å²) in [6, 6.07) is 10.7. The van der Waals surface area contributed by atoms with Gasteiger partial charge in [0.05, 0.1) is 0 Å². The van der Waals surface area contributed by atoms with Gasteiger partial charge in [-0.3, -0.25) is 0 Å². The Hall–Kier alpha value is -0.273. The molecule has 0 amide bonds. The molecule has 2 unspecified atom stereocenters. The maximum Gasteiger partial charge on any atom is 0.154 e. The first-order valence-electron chi connectivity index (χ1n) is 6.37. The van der Waals surface area contributed by atoms with Crippen LogP contribution in [0.1, 0.15) is 47.1 Å². The Morgan fingerprint density at radius 1 is 1.00 bits per heavy atom. The zero-order chi connectivity index (χ0) is 13.3. The number of hydrogen-bond acceptors (Lipinski definition) is 0. The van der Waals surface area contributed by atoms with Crippen LogP contribution in [0.4, 0.5) is 0 Å². The molecule has 17 heavy (non-hydrogen) atoms. The minimum Gasteiger partial charge on any atom is -0.170 e. The van der Waals surface area contributed by atoms with Gasteiger partial charge < -0.3 is 0 Å². The van der Waals surface area contributed by atoms with Crippen LogP contribution in [0.25, 0.3) is 0 Å². The standard InChI is InChI=1S/C15H25ClSi/c1-12(14(2,3)4)17(16)15(5,6)13-10-8-7-9-11-13/h7-12,17H,1-6H3. The summed E-state index contributed by atoms with van der Waals surface area (Å²) in [5.74, 6) is 0. The highest BCUT2D eigenvalue weighted by Gasteiger charge is 2.39. The Morgan fingerprint density at radius 2 is 1.47 bits per heavy atom. The van der Waals surface area contributed by atoms with E-state index in [-0.39, 0.29) is 5.04 Å². The fourth-order valence-corrected chi connectivity index (χ4v) is 6.24. The van der Waals surface area contributed by atoms with Crippen LogP contribution < -0.4 is 0 Å². The molecule has 0 saturated heterocycles. The molecule has 0 radical (unpaired) electrons. The lowest BCUT2D eigenvalue weighted by molar-refractivity contribution is 0.387. The van der Waals surface area contributed by atoms with Crippen molar-refractivity contribution in [3.05, 3.63) is 35.9 Å². The van der Waals surface area contributed by atoms with Gasteiger partial charge in [-0.05, 0) is 21.6 Å². The highest BCUT2D eigenvalue weighted by molar-refractivity contribution is 7.09. The molecule has 0 fully saturated rings. The molecule has 0 aromatic heterocycles. The molecule has 0 heterocycles. The molecular weight excluding hydrogens is 244 g/mol. The first kappa shape index (κ1) is 14.8. The van der Waals surface area contributed by atoms with Crippen molar-refractivity contribution in [3.63, 3.8) is 0 Å². The van der Waals surface area contributed by atoms with E-state index in [9.17, 15) is 0 Å². The van der Waals surface area contributed by atoms with Gasteiger partial charge in [0.2, 0.25) is 0 Å². The fraction of sp³-hybridized carbons (Fsp3) is 0.600. The summed E-state index contributed by atoms with van der Waals surface area (Å²) < 4.78 is 0. The molecule has 1 aromatic carbocycles. The lowest BCUT2D eigenvalue weighted by Gasteiger charge is -2.39. The SMILES string of the molecule is CC([SiH](Cl)C(C)(C)c1ccccc1)C(C)(C)C. The molecule has 0 spiro atoms. The summed E-state index contributed by atoms with van der Waals surface area (Å²) in [4.78, 5) is 0. The van der Waals surface area contributed by atoms with Crippen LogP contribution in [-0.4, -0.2) is 8.11 Å². The van der Waals surface area contributed by atoms with E-state index in [2.05, 4.69) is 71.9 Å². The third kappa shape index (κ3) is 3.35. The van der Waals surface area contributed by atoms with Gasteiger partial charge in [-0.25, -0.2) is 0 Å². The van der Waals surface area contributed by atoms with Gasteiger partial charge in [-0.2, -0.15) is 11.1 Å². The van der Waals surface area contributed by atoms with Crippen LogP contribution in [0.5, 0.6) is 0 Å². The lowest BCUT2D eigenvalue weighted by Crippen LogP contribution is -2.40. The summed E-state index contributed by atoms with van der Waals surface area (Å²) in [6.45, 7) is 13.8. The van der Waals surface area contributed by atoms with E-state index in [4.69, 9.17) is 11.1 Å². The zero-order valence-corrected chi connectivity index (χ0v) is 13.8. The average Bonchev–Trinajstić information content (AvgIpc) is 2.27. The maximum atomic E-state index is 6.88. The second-order valence-electron chi connectivity index (χ2n) is 6.64. The fourth-order valence-electron chi connectivity index (χ4n) is 2.09. The number of halogens is 1. The van der Waals surface area contributed by atoms with Gasteiger partial charge in [0.1, 0.15) is 0 Å². The molecule has 0 saturated carbocycles. The molecule has 1 rings (SSSR count). The summed E-state index contributed by atoms with van der Waals surface area (Å²) in [7, 11) is -1.38. The summed E-state index contributed by atoms with van der Waals surface area (Å²) in [6.07, 6.45) is 0. The van der Waals surface area contributed by atoms with Gasteiger partial charge in [0, 0.05) is 0 Å². The molecule has 0 N–H and O–H groups in total. The average molecular weight is 269 g/mol. The van der Waals surface area contributed by atoms with Gasteiger partial charge in [0.25, 0.3) is 0 Å². The topological polar surface area (TPSA) is 0 Å². The molecule has 0 bridgehead atoms.